The molecule has 0 aliphatic heterocycles. The molecule has 1 aromatic carbocycles. The highest BCUT2D eigenvalue weighted by Gasteiger charge is 2.03. The summed E-state index contributed by atoms with van der Waals surface area (Å²) < 4.78 is 0. The van der Waals surface area contributed by atoms with Gasteiger partial charge in [-0.05, 0) is 37.8 Å². The number of hydrogen-bond acceptors (Lipinski definition) is 3. The monoisotopic (exact) mass is 235 g/mol. The summed E-state index contributed by atoms with van der Waals surface area (Å²) in [5.41, 5.74) is 7.90. The minimum Gasteiger partial charge on any atom is -0.399 e. The predicted octanol–water partition coefficient (Wildman–Crippen LogP) is 2.04. The smallest absolute Gasteiger partial charge is 0.0317 e. The van der Waals surface area contributed by atoms with Gasteiger partial charge in [0.1, 0.15) is 0 Å². The molecule has 3 nitrogen and oxygen atoms in total. The molecule has 3 heteroatoms. The SMILES string of the molecule is CCN(CC)CCN(C)Cc1cccc(N)c1. The van der Waals surface area contributed by atoms with E-state index in [2.05, 4.69) is 36.8 Å². The van der Waals surface area contributed by atoms with Crippen molar-refractivity contribution in [3.63, 3.8) is 0 Å². The summed E-state index contributed by atoms with van der Waals surface area (Å²) in [7, 11) is 2.16. The van der Waals surface area contributed by atoms with Crippen LogP contribution in [-0.2, 0) is 6.54 Å². The summed E-state index contributed by atoms with van der Waals surface area (Å²) in [6, 6.07) is 8.13. The molecule has 0 aliphatic rings. The summed E-state index contributed by atoms with van der Waals surface area (Å²) in [5.74, 6) is 0. The van der Waals surface area contributed by atoms with Gasteiger partial charge in [0.25, 0.3) is 0 Å². The number of hydrogen-bond donors (Lipinski definition) is 1. The molecule has 1 aromatic rings. The van der Waals surface area contributed by atoms with Crippen molar-refractivity contribution in [3.05, 3.63) is 29.8 Å². The van der Waals surface area contributed by atoms with Gasteiger partial charge in [-0.25, -0.2) is 0 Å². The van der Waals surface area contributed by atoms with E-state index in [1.54, 1.807) is 0 Å². The van der Waals surface area contributed by atoms with Crippen molar-refractivity contribution in [2.75, 3.05) is 39.0 Å². The first-order valence-electron chi connectivity index (χ1n) is 6.41. The van der Waals surface area contributed by atoms with Gasteiger partial charge < -0.3 is 15.5 Å². The summed E-state index contributed by atoms with van der Waals surface area (Å²) in [4.78, 5) is 4.78. The average molecular weight is 235 g/mol. The molecule has 0 saturated carbocycles. The van der Waals surface area contributed by atoms with Crippen LogP contribution in [0.2, 0.25) is 0 Å². The fourth-order valence-electron chi connectivity index (χ4n) is 1.93. The quantitative estimate of drug-likeness (QED) is 0.734. The lowest BCUT2D eigenvalue weighted by Crippen LogP contribution is -2.32. The van der Waals surface area contributed by atoms with Gasteiger partial charge in [0, 0.05) is 25.3 Å². The minimum atomic E-state index is 0.847. The Labute approximate surface area is 105 Å². The molecule has 0 atom stereocenters. The van der Waals surface area contributed by atoms with Crippen LogP contribution in [0.25, 0.3) is 0 Å². The first-order chi connectivity index (χ1) is 8.15. The van der Waals surface area contributed by atoms with Crippen molar-refractivity contribution in [3.8, 4) is 0 Å². The van der Waals surface area contributed by atoms with Crippen LogP contribution in [0.1, 0.15) is 19.4 Å². The van der Waals surface area contributed by atoms with Crippen LogP contribution >= 0.6 is 0 Å². The standard InChI is InChI=1S/C14H25N3/c1-4-17(5-2)10-9-16(3)12-13-7-6-8-14(15)11-13/h6-8,11H,4-5,9-10,12,15H2,1-3H3. The highest BCUT2D eigenvalue weighted by Crippen LogP contribution is 2.08. The van der Waals surface area contributed by atoms with E-state index in [-0.39, 0.29) is 0 Å². The Morgan fingerprint density at radius 1 is 1.12 bits per heavy atom. The number of anilines is 1. The third kappa shape index (κ3) is 5.20. The maximum Gasteiger partial charge on any atom is 0.0317 e. The second-order valence-electron chi connectivity index (χ2n) is 4.51. The number of nitrogen functional groups attached to an aromatic ring is 1. The summed E-state index contributed by atoms with van der Waals surface area (Å²) in [6.45, 7) is 9.86. The van der Waals surface area contributed by atoms with E-state index in [1.807, 2.05) is 18.2 Å². The zero-order valence-corrected chi connectivity index (χ0v) is 11.3. The van der Waals surface area contributed by atoms with Crippen LogP contribution in [0.15, 0.2) is 24.3 Å². The van der Waals surface area contributed by atoms with E-state index in [0.29, 0.717) is 0 Å². The number of nitrogens with two attached hydrogens (primary N) is 1. The van der Waals surface area contributed by atoms with E-state index < -0.39 is 0 Å². The molecule has 0 aromatic heterocycles. The van der Waals surface area contributed by atoms with Gasteiger partial charge in [0.05, 0.1) is 0 Å². The van der Waals surface area contributed by atoms with Crippen molar-refractivity contribution in [1.29, 1.82) is 0 Å². The summed E-state index contributed by atoms with van der Waals surface area (Å²) in [5, 5.41) is 0. The van der Waals surface area contributed by atoms with Gasteiger partial charge in [-0.15, -0.1) is 0 Å². The van der Waals surface area contributed by atoms with Crippen LogP contribution < -0.4 is 5.73 Å². The molecule has 0 unspecified atom stereocenters. The lowest BCUT2D eigenvalue weighted by Gasteiger charge is -2.23. The van der Waals surface area contributed by atoms with Crippen LogP contribution in [0.4, 0.5) is 5.69 Å². The molecule has 0 radical (unpaired) electrons. The molecule has 0 fully saturated rings. The average Bonchev–Trinajstić information content (AvgIpc) is 2.30. The molecule has 1 rings (SSSR count). The van der Waals surface area contributed by atoms with E-state index in [4.69, 9.17) is 5.73 Å². The lowest BCUT2D eigenvalue weighted by atomic mass is 10.2. The number of benzene rings is 1. The Bertz CT molecular complexity index is 321. The molecule has 0 spiro atoms. The molecule has 2 N–H and O–H groups in total. The zero-order chi connectivity index (χ0) is 12.7. The fourth-order valence-corrected chi connectivity index (χ4v) is 1.93. The summed E-state index contributed by atoms with van der Waals surface area (Å²) >= 11 is 0. The second-order valence-corrected chi connectivity index (χ2v) is 4.51. The second kappa shape index (κ2) is 7.30. The maximum absolute atomic E-state index is 5.77. The molecule has 0 aliphatic carbocycles. The predicted molar refractivity (Wildman–Crippen MR) is 75.0 cm³/mol. The summed E-state index contributed by atoms with van der Waals surface area (Å²) in [6.07, 6.45) is 0. The highest BCUT2D eigenvalue weighted by atomic mass is 15.2. The van der Waals surface area contributed by atoms with Gasteiger partial charge in [-0.3, -0.25) is 0 Å². The van der Waals surface area contributed by atoms with Crippen LogP contribution in [0.5, 0.6) is 0 Å². The molecular formula is C14H25N3. The molecule has 0 heterocycles. The van der Waals surface area contributed by atoms with E-state index in [0.717, 1.165) is 38.4 Å². The third-order valence-electron chi connectivity index (χ3n) is 3.10. The van der Waals surface area contributed by atoms with Crippen LogP contribution in [0, 0.1) is 0 Å². The molecule has 96 valence electrons. The molecule has 17 heavy (non-hydrogen) atoms. The van der Waals surface area contributed by atoms with E-state index in [9.17, 15) is 0 Å². The van der Waals surface area contributed by atoms with Crippen molar-refractivity contribution < 1.29 is 0 Å². The fraction of sp³-hybridized carbons (Fsp3) is 0.571. The topological polar surface area (TPSA) is 32.5 Å². The van der Waals surface area contributed by atoms with Gasteiger partial charge >= 0.3 is 0 Å². The van der Waals surface area contributed by atoms with Crippen LogP contribution in [-0.4, -0.2) is 43.0 Å². The Hall–Kier alpha value is -1.06. The molecular weight excluding hydrogens is 210 g/mol. The molecule has 0 amide bonds. The Balaban J connectivity index is 2.36. The van der Waals surface area contributed by atoms with Crippen molar-refractivity contribution in [1.82, 2.24) is 9.80 Å². The Morgan fingerprint density at radius 3 is 2.41 bits per heavy atom. The van der Waals surface area contributed by atoms with E-state index in [1.165, 1.54) is 5.56 Å². The largest absolute Gasteiger partial charge is 0.399 e. The first-order valence-corrected chi connectivity index (χ1v) is 6.41. The Kier molecular flexibility index (Phi) is 6.01. The molecule has 0 bridgehead atoms. The maximum atomic E-state index is 5.77. The van der Waals surface area contributed by atoms with Crippen molar-refractivity contribution in [2.45, 2.75) is 20.4 Å². The van der Waals surface area contributed by atoms with E-state index >= 15 is 0 Å². The van der Waals surface area contributed by atoms with Gasteiger partial charge in [-0.1, -0.05) is 26.0 Å². The Morgan fingerprint density at radius 2 is 1.82 bits per heavy atom. The van der Waals surface area contributed by atoms with Crippen molar-refractivity contribution in [2.24, 2.45) is 0 Å². The number of rotatable bonds is 7. The van der Waals surface area contributed by atoms with Gasteiger partial charge in [-0.2, -0.15) is 0 Å². The molecule has 0 saturated heterocycles. The van der Waals surface area contributed by atoms with Gasteiger partial charge in [0.15, 0.2) is 0 Å². The highest BCUT2D eigenvalue weighted by molar-refractivity contribution is 5.40. The van der Waals surface area contributed by atoms with Crippen LogP contribution in [0.3, 0.4) is 0 Å². The van der Waals surface area contributed by atoms with Crippen molar-refractivity contribution >= 4 is 5.69 Å². The number of nitrogens with zero attached hydrogens (tertiary/aromatic N) is 2. The number of likely N-dealkylation sites (N-methyl/N-ethyl adjacent to an activating group) is 2. The minimum absolute atomic E-state index is 0.847. The third-order valence-corrected chi connectivity index (χ3v) is 3.10. The van der Waals surface area contributed by atoms with Gasteiger partial charge in [0.2, 0.25) is 0 Å². The first kappa shape index (κ1) is 14.0. The lowest BCUT2D eigenvalue weighted by molar-refractivity contribution is 0.236. The zero-order valence-electron chi connectivity index (χ0n) is 11.3. The normalized spacial score (nSPS) is 11.4.